The Morgan fingerprint density at radius 2 is 1.67 bits per heavy atom. The third-order valence-corrected chi connectivity index (χ3v) is 4.10. The predicted octanol–water partition coefficient (Wildman–Crippen LogP) is 5.42. The molecule has 4 heteroatoms. The van der Waals surface area contributed by atoms with Crippen molar-refractivity contribution in [2.45, 2.75) is 32.6 Å². The summed E-state index contributed by atoms with van der Waals surface area (Å²) in [5.74, 6) is 0.832. The van der Waals surface area contributed by atoms with Gasteiger partial charge in [0.15, 0.2) is 0 Å². The van der Waals surface area contributed by atoms with Gasteiger partial charge in [-0.2, -0.15) is 0 Å². The lowest BCUT2D eigenvalue weighted by atomic mass is 10.0. The van der Waals surface area contributed by atoms with Crippen molar-refractivity contribution in [1.82, 2.24) is 0 Å². The minimum absolute atomic E-state index is 0.364. The molecule has 0 atom stereocenters. The zero-order valence-corrected chi connectivity index (χ0v) is 16.2. The van der Waals surface area contributed by atoms with Gasteiger partial charge in [-0.1, -0.05) is 43.3 Å². The van der Waals surface area contributed by atoms with Gasteiger partial charge in [0, 0.05) is 24.9 Å². The molecule has 0 unspecified atom stereocenters. The molecule has 0 spiro atoms. The van der Waals surface area contributed by atoms with Crippen LogP contribution in [0.25, 0.3) is 11.1 Å². The highest BCUT2D eigenvalue weighted by Crippen LogP contribution is 2.34. The summed E-state index contributed by atoms with van der Waals surface area (Å²) < 4.78 is 16.4. The highest BCUT2D eigenvalue weighted by Gasteiger charge is 2.13. The Morgan fingerprint density at radius 3 is 2.33 bits per heavy atom. The maximum atomic E-state index is 11.9. The molecule has 0 N–H and O–H groups in total. The van der Waals surface area contributed by atoms with Crippen LogP contribution < -0.4 is 9.47 Å². The van der Waals surface area contributed by atoms with Crippen molar-refractivity contribution >= 4 is 5.97 Å². The summed E-state index contributed by atoms with van der Waals surface area (Å²) in [6.45, 7) is 6.74. The van der Waals surface area contributed by atoms with Gasteiger partial charge in [0.05, 0.1) is 6.61 Å². The number of hydrogen-bond donors (Lipinski definition) is 0. The van der Waals surface area contributed by atoms with Crippen LogP contribution in [0.5, 0.6) is 11.5 Å². The Bertz CT molecular complexity index is 737. The Hall–Kier alpha value is -2.59. The van der Waals surface area contributed by atoms with Gasteiger partial charge in [-0.3, -0.25) is 0 Å². The van der Waals surface area contributed by atoms with Crippen LogP contribution in [0.1, 0.15) is 32.6 Å². The first-order valence-corrected chi connectivity index (χ1v) is 9.30. The minimum Gasteiger partial charge on any atom is -0.494 e. The normalized spacial score (nSPS) is 10.4. The zero-order chi connectivity index (χ0) is 19.5. The monoisotopic (exact) mass is 368 g/mol. The molecule has 2 aromatic carbocycles. The van der Waals surface area contributed by atoms with Crippen molar-refractivity contribution in [2.75, 3.05) is 20.3 Å². The molecule has 27 heavy (non-hydrogen) atoms. The van der Waals surface area contributed by atoms with E-state index in [0.29, 0.717) is 17.9 Å². The second-order valence-electron chi connectivity index (χ2n) is 6.45. The summed E-state index contributed by atoms with van der Waals surface area (Å²) in [6.07, 6.45) is 4.33. The maximum Gasteiger partial charge on any atom is 0.338 e. The van der Waals surface area contributed by atoms with Crippen LogP contribution >= 0.6 is 0 Å². The molecule has 0 bridgehead atoms. The SMILES string of the molecule is C=C(C)C(=O)Oc1ccc(OCCCCCCOC)cc1-c1ccccc1. The van der Waals surface area contributed by atoms with Crippen LogP contribution in [0.3, 0.4) is 0 Å². The summed E-state index contributed by atoms with van der Waals surface area (Å²) in [7, 11) is 1.73. The van der Waals surface area contributed by atoms with E-state index in [1.54, 1.807) is 20.1 Å². The summed E-state index contributed by atoms with van der Waals surface area (Å²) in [5, 5.41) is 0. The first-order valence-electron chi connectivity index (χ1n) is 9.30. The molecule has 2 rings (SSSR count). The predicted molar refractivity (Wildman–Crippen MR) is 108 cm³/mol. The second-order valence-corrected chi connectivity index (χ2v) is 6.45. The molecule has 0 saturated heterocycles. The largest absolute Gasteiger partial charge is 0.494 e. The lowest BCUT2D eigenvalue weighted by molar-refractivity contribution is -0.130. The third-order valence-electron chi connectivity index (χ3n) is 4.10. The van der Waals surface area contributed by atoms with Crippen LogP contribution in [0.4, 0.5) is 0 Å². The van der Waals surface area contributed by atoms with Gasteiger partial charge in [0.2, 0.25) is 0 Å². The minimum atomic E-state index is -0.433. The van der Waals surface area contributed by atoms with Crippen LogP contribution in [0.2, 0.25) is 0 Å². The fourth-order valence-electron chi connectivity index (χ4n) is 2.61. The molecular weight excluding hydrogens is 340 g/mol. The molecule has 0 aliphatic carbocycles. The average molecular weight is 368 g/mol. The number of esters is 1. The molecule has 0 fully saturated rings. The van der Waals surface area contributed by atoms with Gasteiger partial charge in [-0.15, -0.1) is 0 Å². The summed E-state index contributed by atoms with van der Waals surface area (Å²) >= 11 is 0. The van der Waals surface area contributed by atoms with Crippen molar-refractivity contribution < 1.29 is 19.0 Å². The number of carbonyl (C=O) groups excluding carboxylic acids is 1. The molecule has 0 amide bonds. The van der Waals surface area contributed by atoms with Crippen molar-refractivity contribution in [3.05, 3.63) is 60.7 Å². The topological polar surface area (TPSA) is 44.8 Å². The smallest absolute Gasteiger partial charge is 0.338 e. The van der Waals surface area contributed by atoms with E-state index in [2.05, 4.69) is 6.58 Å². The van der Waals surface area contributed by atoms with Crippen LogP contribution in [0.15, 0.2) is 60.7 Å². The van der Waals surface area contributed by atoms with Crippen molar-refractivity contribution in [3.63, 3.8) is 0 Å². The van der Waals surface area contributed by atoms with E-state index < -0.39 is 5.97 Å². The molecule has 0 saturated carbocycles. The van der Waals surface area contributed by atoms with Gasteiger partial charge < -0.3 is 14.2 Å². The van der Waals surface area contributed by atoms with Gasteiger partial charge in [-0.25, -0.2) is 4.79 Å². The van der Waals surface area contributed by atoms with Gasteiger partial charge in [-0.05, 0) is 49.9 Å². The van der Waals surface area contributed by atoms with E-state index in [1.807, 2.05) is 42.5 Å². The summed E-state index contributed by atoms with van der Waals surface area (Å²) in [6, 6.07) is 15.3. The molecule has 4 nitrogen and oxygen atoms in total. The first kappa shape index (κ1) is 20.7. The third kappa shape index (κ3) is 6.91. The Balaban J connectivity index is 2.05. The number of rotatable bonds is 11. The van der Waals surface area contributed by atoms with E-state index in [-0.39, 0.29) is 0 Å². The van der Waals surface area contributed by atoms with Gasteiger partial charge >= 0.3 is 5.97 Å². The number of unbranched alkanes of at least 4 members (excludes halogenated alkanes) is 3. The average Bonchev–Trinajstić information content (AvgIpc) is 2.68. The molecule has 0 heterocycles. The van der Waals surface area contributed by atoms with Crippen molar-refractivity contribution in [3.8, 4) is 22.6 Å². The zero-order valence-electron chi connectivity index (χ0n) is 16.2. The van der Waals surface area contributed by atoms with Crippen molar-refractivity contribution in [1.29, 1.82) is 0 Å². The Morgan fingerprint density at radius 1 is 0.963 bits per heavy atom. The van der Waals surface area contributed by atoms with Crippen LogP contribution in [-0.2, 0) is 9.53 Å². The fourth-order valence-corrected chi connectivity index (χ4v) is 2.61. The fraction of sp³-hybridized carbons (Fsp3) is 0.348. The molecule has 0 aliphatic heterocycles. The van der Waals surface area contributed by atoms with E-state index in [9.17, 15) is 4.79 Å². The number of methoxy groups -OCH3 is 1. The molecule has 2 aromatic rings. The highest BCUT2D eigenvalue weighted by atomic mass is 16.5. The molecule has 144 valence electrons. The Kier molecular flexibility index (Phi) is 8.59. The number of hydrogen-bond acceptors (Lipinski definition) is 4. The van der Waals surface area contributed by atoms with E-state index in [0.717, 1.165) is 49.2 Å². The van der Waals surface area contributed by atoms with Crippen molar-refractivity contribution in [2.24, 2.45) is 0 Å². The van der Waals surface area contributed by atoms with Crippen LogP contribution in [-0.4, -0.2) is 26.3 Å². The molecule has 0 aromatic heterocycles. The number of benzene rings is 2. The van der Waals surface area contributed by atoms with Gasteiger partial charge in [0.1, 0.15) is 11.5 Å². The quantitative estimate of drug-likeness (QED) is 0.230. The Labute approximate surface area is 161 Å². The van der Waals surface area contributed by atoms with Crippen LogP contribution in [0, 0.1) is 0 Å². The lowest BCUT2D eigenvalue weighted by Gasteiger charge is -2.13. The standard InChI is InChI=1S/C23H28O4/c1-18(2)23(24)27-22-14-13-20(26-16-10-5-4-9-15-25-3)17-21(22)19-11-7-6-8-12-19/h6-8,11-14,17H,1,4-5,9-10,15-16H2,2-3H3. The van der Waals surface area contributed by atoms with E-state index in [1.165, 1.54) is 0 Å². The molecule has 0 aliphatic rings. The maximum absolute atomic E-state index is 11.9. The summed E-state index contributed by atoms with van der Waals surface area (Å²) in [4.78, 5) is 11.9. The number of ether oxygens (including phenoxy) is 3. The second kappa shape index (κ2) is 11.2. The lowest BCUT2D eigenvalue weighted by Crippen LogP contribution is -2.09. The number of carbonyl (C=O) groups is 1. The summed E-state index contributed by atoms with van der Waals surface area (Å²) in [5.41, 5.74) is 2.15. The van der Waals surface area contributed by atoms with E-state index in [4.69, 9.17) is 14.2 Å². The highest BCUT2D eigenvalue weighted by molar-refractivity contribution is 5.90. The van der Waals surface area contributed by atoms with E-state index >= 15 is 0 Å². The first-order chi connectivity index (χ1) is 13.1. The molecular formula is C23H28O4. The van der Waals surface area contributed by atoms with Gasteiger partial charge in [0.25, 0.3) is 0 Å². The molecule has 0 radical (unpaired) electrons.